The molecule has 0 aromatic carbocycles. The summed E-state index contributed by atoms with van der Waals surface area (Å²) < 4.78 is 27.1. The van der Waals surface area contributed by atoms with E-state index in [1.807, 2.05) is 0 Å². The van der Waals surface area contributed by atoms with Crippen LogP contribution in [0.4, 0.5) is 0 Å². The van der Waals surface area contributed by atoms with Crippen molar-refractivity contribution >= 4 is 27.3 Å². The van der Waals surface area contributed by atoms with Gasteiger partial charge >= 0.3 is 5.97 Å². The summed E-state index contributed by atoms with van der Waals surface area (Å²) in [6, 6.07) is 1.14. The summed E-state index contributed by atoms with van der Waals surface area (Å²) in [7, 11) is -3.80. The van der Waals surface area contributed by atoms with Crippen LogP contribution in [0.1, 0.15) is 42.5 Å². The highest BCUT2D eigenvalue weighted by molar-refractivity contribution is 7.91. The number of aliphatic hydroxyl groups excluding tert-OH is 1. The van der Waals surface area contributed by atoms with Gasteiger partial charge in [-0.1, -0.05) is 19.3 Å². The molecular weight excluding hydrogens is 302 g/mol. The zero-order chi connectivity index (χ0) is 14.8. The molecule has 6 nitrogen and oxygen atoms in total. The molecule has 0 bridgehead atoms. The molecule has 1 heterocycles. The highest BCUT2D eigenvalue weighted by atomic mass is 32.2. The molecule has 0 spiro atoms. The van der Waals surface area contributed by atoms with E-state index in [4.69, 9.17) is 5.11 Å². The van der Waals surface area contributed by atoms with Crippen molar-refractivity contribution in [3.05, 3.63) is 17.0 Å². The highest BCUT2D eigenvalue weighted by Gasteiger charge is 2.36. The molecule has 8 heteroatoms. The predicted molar refractivity (Wildman–Crippen MR) is 74.5 cm³/mol. The molecule has 0 saturated heterocycles. The first-order valence-electron chi connectivity index (χ1n) is 6.35. The van der Waals surface area contributed by atoms with Crippen molar-refractivity contribution in [2.45, 2.75) is 41.9 Å². The monoisotopic (exact) mass is 319 g/mol. The predicted octanol–water partition coefficient (Wildman–Crippen LogP) is 1.42. The molecule has 2 rings (SSSR count). The molecule has 1 fully saturated rings. The molecule has 0 radical (unpaired) electrons. The first-order chi connectivity index (χ1) is 9.38. The van der Waals surface area contributed by atoms with E-state index in [9.17, 15) is 18.3 Å². The third-order valence-corrected chi connectivity index (χ3v) is 6.57. The smallest absolute Gasteiger partial charge is 0.336 e. The van der Waals surface area contributed by atoms with Crippen LogP contribution >= 0.6 is 11.3 Å². The minimum absolute atomic E-state index is 0.0340. The summed E-state index contributed by atoms with van der Waals surface area (Å²) in [6.45, 7) is -0.247. The molecule has 1 aliphatic carbocycles. The van der Waals surface area contributed by atoms with Gasteiger partial charge in [-0.3, -0.25) is 0 Å². The first-order valence-corrected chi connectivity index (χ1v) is 8.71. The van der Waals surface area contributed by atoms with Crippen LogP contribution in [0.25, 0.3) is 0 Å². The number of aromatic carboxylic acids is 1. The molecule has 0 amide bonds. The van der Waals surface area contributed by atoms with Gasteiger partial charge in [0.05, 0.1) is 17.7 Å². The maximum atomic E-state index is 12.3. The Kier molecular flexibility index (Phi) is 4.48. The van der Waals surface area contributed by atoms with Crippen LogP contribution in [0.15, 0.2) is 15.7 Å². The Hall–Kier alpha value is -0.960. The fraction of sp³-hybridized carbons (Fsp3) is 0.583. The average Bonchev–Trinajstić information content (AvgIpc) is 2.90. The van der Waals surface area contributed by atoms with Gasteiger partial charge in [-0.05, 0) is 18.9 Å². The number of carboxylic acids is 1. The fourth-order valence-electron chi connectivity index (χ4n) is 2.43. The Bertz CT molecular complexity index is 587. The number of hydrogen-bond donors (Lipinski definition) is 3. The summed E-state index contributed by atoms with van der Waals surface area (Å²) in [4.78, 5) is 10.8. The normalized spacial score (nSPS) is 18.9. The van der Waals surface area contributed by atoms with Crippen LogP contribution in [-0.4, -0.2) is 36.7 Å². The molecule has 0 unspecified atom stereocenters. The van der Waals surface area contributed by atoms with Gasteiger partial charge in [0.1, 0.15) is 4.21 Å². The largest absolute Gasteiger partial charge is 0.478 e. The van der Waals surface area contributed by atoms with Crippen molar-refractivity contribution in [3.63, 3.8) is 0 Å². The Morgan fingerprint density at radius 2 is 2.00 bits per heavy atom. The molecule has 20 heavy (non-hydrogen) atoms. The van der Waals surface area contributed by atoms with Crippen molar-refractivity contribution < 1.29 is 23.4 Å². The number of rotatable bonds is 5. The Labute approximate surface area is 121 Å². The van der Waals surface area contributed by atoms with Crippen molar-refractivity contribution in [1.29, 1.82) is 0 Å². The minimum atomic E-state index is -3.80. The van der Waals surface area contributed by atoms with Crippen LogP contribution in [0, 0.1) is 0 Å². The summed E-state index contributed by atoms with van der Waals surface area (Å²) in [5, 5.41) is 19.7. The molecule has 1 aromatic rings. The van der Waals surface area contributed by atoms with Crippen LogP contribution in [0.2, 0.25) is 0 Å². The maximum absolute atomic E-state index is 12.3. The number of carboxylic acid groups (broad SMARTS) is 1. The summed E-state index contributed by atoms with van der Waals surface area (Å²) in [6.07, 6.45) is 3.97. The number of sulfonamides is 1. The van der Waals surface area contributed by atoms with E-state index in [1.54, 1.807) is 0 Å². The van der Waals surface area contributed by atoms with E-state index in [1.165, 1.54) is 5.38 Å². The lowest BCUT2D eigenvalue weighted by molar-refractivity contribution is 0.0697. The van der Waals surface area contributed by atoms with E-state index in [-0.39, 0.29) is 16.4 Å². The van der Waals surface area contributed by atoms with Crippen LogP contribution in [0.3, 0.4) is 0 Å². The molecule has 112 valence electrons. The van der Waals surface area contributed by atoms with Gasteiger partial charge < -0.3 is 10.2 Å². The maximum Gasteiger partial charge on any atom is 0.336 e. The summed E-state index contributed by atoms with van der Waals surface area (Å²) in [5.74, 6) is -1.16. The van der Waals surface area contributed by atoms with Gasteiger partial charge in [0.15, 0.2) is 0 Å². The van der Waals surface area contributed by atoms with E-state index in [2.05, 4.69) is 4.72 Å². The number of aliphatic hydroxyl groups is 1. The fourth-order valence-corrected chi connectivity index (χ4v) is 5.03. The standard InChI is InChI=1S/C12H17NO5S2/c14-8-12(4-2-1-3-5-12)13-20(17,18)10-6-9(7-19-10)11(15)16/h6-7,13-14H,1-5,8H2,(H,15,16). The molecular formula is C12H17NO5S2. The lowest BCUT2D eigenvalue weighted by Crippen LogP contribution is -2.52. The molecule has 1 saturated carbocycles. The highest BCUT2D eigenvalue weighted by Crippen LogP contribution is 2.30. The second-order valence-electron chi connectivity index (χ2n) is 5.06. The van der Waals surface area contributed by atoms with E-state index >= 15 is 0 Å². The summed E-state index contributed by atoms with van der Waals surface area (Å²) in [5.41, 5.74) is -0.859. The molecule has 0 aliphatic heterocycles. The van der Waals surface area contributed by atoms with Crippen molar-refractivity contribution in [1.82, 2.24) is 4.72 Å². The zero-order valence-corrected chi connectivity index (χ0v) is 12.5. The van der Waals surface area contributed by atoms with Gasteiger partial charge in [-0.2, -0.15) is 0 Å². The summed E-state index contributed by atoms with van der Waals surface area (Å²) >= 11 is 0.870. The SMILES string of the molecule is O=C(O)c1csc(S(=O)(=O)NC2(CO)CCCCC2)c1. The van der Waals surface area contributed by atoms with E-state index in [0.29, 0.717) is 12.8 Å². The lowest BCUT2D eigenvalue weighted by Gasteiger charge is -2.35. The molecule has 1 aromatic heterocycles. The van der Waals surface area contributed by atoms with Gasteiger partial charge in [0.25, 0.3) is 10.0 Å². The third-order valence-electron chi connectivity index (χ3n) is 3.55. The second-order valence-corrected chi connectivity index (χ2v) is 7.88. The first kappa shape index (κ1) is 15.4. The Morgan fingerprint density at radius 1 is 1.35 bits per heavy atom. The second kappa shape index (κ2) is 5.80. The van der Waals surface area contributed by atoms with Gasteiger partial charge in [0.2, 0.25) is 0 Å². The van der Waals surface area contributed by atoms with Gasteiger partial charge in [0, 0.05) is 5.38 Å². The number of carbonyl (C=O) groups is 1. The number of thiophene rings is 1. The van der Waals surface area contributed by atoms with Crippen molar-refractivity contribution in [3.8, 4) is 0 Å². The number of nitrogens with one attached hydrogen (secondary N) is 1. The molecule has 0 atom stereocenters. The average molecular weight is 319 g/mol. The Morgan fingerprint density at radius 3 is 2.50 bits per heavy atom. The van der Waals surface area contributed by atoms with E-state index in [0.717, 1.165) is 36.7 Å². The van der Waals surface area contributed by atoms with Gasteiger partial charge in [-0.25, -0.2) is 17.9 Å². The number of hydrogen-bond acceptors (Lipinski definition) is 5. The topological polar surface area (TPSA) is 104 Å². The van der Waals surface area contributed by atoms with Crippen LogP contribution < -0.4 is 4.72 Å². The minimum Gasteiger partial charge on any atom is -0.478 e. The molecule has 1 aliphatic rings. The van der Waals surface area contributed by atoms with Crippen LogP contribution in [0.5, 0.6) is 0 Å². The molecule has 3 N–H and O–H groups in total. The van der Waals surface area contributed by atoms with Gasteiger partial charge in [-0.15, -0.1) is 11.3 Å². The van der Waals surface area contributed by atoms with E-state index < -0.39 is 21.5 Å². The zero-order valence-electron chi connectivity index (χ0n) is 10.8. The van der Waals surface area contributed by atoms with Crippen LogP contribution in [-0.2, 0) is 10.0 Å². The lowest BCUT2D eigenvalue weighted by atomic mass is 9.83. The van der Waals surface area contributed by atoms with Crippen molar-refractivity contribution in [2.75, 3.05) is 6.61 Å². The Balaban J connectivity index is 2.23. The van der Waals surface area contributed by atoms with Crippen molar-refractivity contribution in [2.24, 2.45) is 0 Å². The quantitative estimate of drug-likeness (QED) is 0.761. The third kappa shape index (κ3) is 3.20.